The summed E-state index contributed by atoms with van der Waals surface area (Å²) in [6, 6.07) is 0. The van der Waals surface area contributed by atoms with Crippen LogP contribution >= 0.6 is 0 Å². The van der Waals surface area contributed by atoms with Gasteiger partial charge >= 0.3 is 0 Å². The van der Waals surface area contributed by atoms with Crippen LogP contribution in [0.15, 0.2) is 0 Å². The molecule has 0 aromatic rings. The van der Waals surface area contributed by atoms with Crippen molar-refractivity contribution in [2.75, 3.05) is 26.2 Å². The van der Waals surface area contributed by atoms with Crippen LogP contribution in [0.25, 0.3) is 0 Å². The molecule has 2 aliphatic heterocycles. The molecule has 0 spiro atoms. The Morgan fingerprint density at radius 2 is 2.06 bits per heavy atom. The van der Waals surface area contributed by atoms with Gasteiger partial charge in [-0.15, -0.1) is 0 Å². The van der Waals surface area contributed by atoms with Crippen molar-refractivity contribution in [2.24, 2.45) is 5.92 Å². The van der Waals surface area contributed by atoms with Crippen molar-refractivity contribution < 1.29 is 9.53 Å². The lowest BCUT2D eigenvalue weighted by Crippen LogP contribution is -2.48. The first-order valence-corrected chi connectivity index (χ1v) is 6.35. The van der Waals surface area contributed by atoms with Gasteiger partial charge < -0.3 is 15.0 Å². The summed E-state index contributed by atoms with van der Waals surface area (Å²) in [4.78, 5) is 14.1. The van der Waals surface area contributed by atoms with Crippen molar-refractivity contribution in [2.45, 2.75) is 38.9 Å². The molecule has 2 rings (SSSR count). The third-order valence-corrected chi connectivity index (χ3v) is 3.48. The van der Waals surface area contributed by atoms with E-state index in [9.17, 15) is 4.79 Å². The zero-order chi connectivity index (χ0) is 11.5. The minimum atomic E-state index is 0.0810. The topological polar surface area (TPSA) is 41.6 Å². The van der Waals surface area contributed by atoms with E-state index in [0.29, 0.717) is 12.2 Å². The van der Waals surface area contributed by atoms with E-state index < -0.39 is 0 Å². The molecule has 3 atom stereocenters. The van der Waals surface area contributed by atoms with Crippen LogP contribution in [0.5, 0.6) is 0 Å². The standard InChI is InChI=1S/C12H22N2O2/c1-3-13-6-9(2)12(15)14-7-10-4-5-11(8-14)16-10/h9-11,13H,3-8H2,1-2H3. The van der Waals surface area contributed by atoms with Gasteiger partial charge in [0.2, 0.25) is 5.91 Å². The Morgan fingerprint density at radius 3 is 2.62 bits per heavy atom. The van der Waals surface area contributed by atoms with E-state index in [0.717, 1.165) is 39.0 Å². The summed E-state index contributed by atoms with van der Waals surface area (Å²) in [6.07, 6.45) is 2.84. The Balaban J connectivity index is 1.85. The Bertz CT molecular complexity index is 245. The van der Waals surface area contributed by atoms with Crippen molar-refractivity contribution in [3.63, 3.8) is 0 Å². The number of hydrogen-bond acceptors (Lipinski definition) is 3. The van der Waals surface area contributed by atoms with E-state index in [1.807, 2.05) is 11.8 Å². The number of rotatable bonds is 4. The lowest BCUT2D eigenvalue weighted by Gasteiger charge is -2.33. The number of carbonyl (C=O) groups is 1. The SMILES string of the molecule is CCNCC(C)C(=O)N1CC2CCC(C1)O2. The van der Waals surface area contributed by atoms with Gasteiger partial charge in [0, 0.05) is 25.6 Å². The largest absolute Gasteiger partial charge is 0.371 e. The number of carbonyl (C=O) groups excluding carboxylic acids is 1. The summed E-state index contributed by atoms with van der Waals surface area (Å²) < 4.78 is 5.73. The van der Waals surface area contributed by atoms with E-state index in [1.165, 1.54) is 0 Å². The lowest BCUT2D eigenvalue weighted by molar-refractivity contribution is -0.143. The molecule has 16 heavy (non-hydrogen) atoms. The molecule has 4 heteroatoms. The number of morpholine rings is 1. The summed E-state index contributed by atoms with van der Waals surface area (Å²) in [7, 11) is 0. The Kier molecular flexibility index (Phi) is 3.82. The van der Waals surface area contributed by atoms with Gasteiger partial charge in [-0.25, -0.2) is 0 Å². The molecule has 2 aliphatic rings. The van der Waals surface area contributed by atoms with Gasteiger partial charge in [-0.1, -0.05) is 13.8 Å². The van der Waals surface area contributed by atoms with Gasteiger partial charge in [0.1, 0.15) is 0 Å². The van der Waals surface area contributed by atoms with Crippen molar-refractivity contribution >= 4 is 5.91 Å². The third kappa shape index (κ3) is 2.55. The zero-order valence-corrected chi connectivity index (χ0v) is 10.2. The monoisotopic (exact) mass is 226 g/mol. The van der Waals surface area contributed by atoms with Gasteiger partial charge in [0.25, 0.3) is 0 Å². The fraction of sp³-hybridized carbons (Fsp3) is 0.917. The lowest BCUT2D eigenvalue weighted by atomic mass is 10.1. The van der Waals surface area contributed by atoms with Gasteiger partial charge in [0.05, 0.1) is 12.2 Å². The number of nitrogens with zero attached hydrogens (tertiary/aromatic N) is 1. The molecule has 2 fully saturated rings. The molecule has 3 unspecified atom stereocenters. The summed E-state index contributed by atoms with van der Waals surface area (Å²) in [6.45, 7) is 7.36. The highest BCUT2D eigenvalue weighted by Gasteiger charge is 2.36. The molecule has 0 aromatic heterocycles. The number of likely N-dealkylation sites (tertiary alicyclic amines) is 1. The maximum absolute atomic E-state index is 12.2. The number of amides is 1. The number of hydrogen-bond donors (Lipinski definition) is 1. The van der Waals surface area contributed by atoms with Crippen molar-refractivity contribution in [1.29, 1.82) is 0 Å². The first-order valence-electron chi connectivity index (χ1n) is 6.35. The fourth-order valence-electron chi connectivity index (χ4n) is 2.55. The second-order valence-electron chi connectivity index (χ2n) is 4.91. The normalized spacial score (nSPS) is 30.5. The zero-order valence-electron chi connectivity index (χ0n) is 10.2. The summed E-state index contributed by atoms with van der Waals surface area (Å²) in [5.74, 6) is 0.360. The molecule has 2 bridgehead atoms. The predicted octanol–water partition coefficient (Wildman–Crippen LogP) is 0.622. The van der Waals surface area contributed by atoms with Gasteiger partial charge in [0.15, 0.2) is 0 Å². The van der Waals surface area contributed by atoms with E-state index in [4.69, 9.17) is 4.74 Å². The molecule has 2 heterocycles. The molecule has 92 valence electrons. The number of nitrogens with one attached hydrogen (secondary N) is 1. The van der Waals surface area contributed by atoms with Gasteiger partial charge in [-0.05, 0) is 19.4 Å². The molecular formula is C12H22N2O2. The minimum Gasteiger partial charge on any atom is -0.371 e. The molecule has 0 saturated carbocycles. The van der Waals surface area contributed by atoms with Crippen LogP contribution in [-0.4, -0.2) is 49.2 Å². The van der Waals surface area contributed by atoms with Crippen molar-refractivity contribution in [3.8, 4) is 0 Å². The van der Waals surface area contributed by atoms with E-state index in [1.54, 1.807) is 0 Å². The Hall–Kier alpha value is -0.610. The average Bonchev–Trinajstić information content (AvgIpc) is 2.64. The first kappa shape index (κ1) is 11.9. The van der Waals surface area contributed by atoms with Crippen LogP contribution in [0.2, 0.25) is 0 Å². The molecule has 0 radical (unpaired) electrons. The molecule has 1 amide bonds. The second kappa shape index (κ2) is 5.15. The third-order valence-electron chi connectivity index (χ3n) is 3.48. The highest BCUT2D eigenvalue weighted by atomic mass is 16.5. The summed E-state index contributed by atoms with van der Waals surface area (Å²) in [5, 5.41) is 3.23. The highest BCUT2D eigenvalue weighted by Crippen LogP contribution is 2.26. The van der Waals surface area contributed by atoms with Gasteiger partial charge in [-0.3, -0.25) is 4.79 Å². The predicted molar refractivity (Wildman–Crippen MR) is 62.2 cm³/mol. The van der Waals surface area contributed by atoms with E-state index in [-0.39, 0.29) is 11.8 Å². The Labute approximate surface area is 97.3 Å². The second-order valence-corrected chi connectivity index (χ2v) is 4.91. The highest BCUT2D eigenvalue weighted by molar-refractivity contribution is 5.79. The van der Waals surface area contributed by atoms with Crippen LogP contribution in [0.1, 0.15) is 26.7 Å². The molecule has 0 aromatic carbocycles. The van der Waals surface area contributed by atoms with Crippen LogP contribution in [0, 0.1) is 5.92 Å². The Morgan fingerprint density at radius 1 is 1.44 bits per heavy atom. The van der Waals surface area contributed by atoms with Crippen LogP contribution in [0.3, 0.4) is 0 Å². The smallest absolute Gasteiger partial charge is 0.226 e. The maximum Gasteiger partial charge on any atom is 0.226 e. The quantitative estimate of drug-likeness (QED) is 0.764. The molecular weight excluding hydrogens is 204 g/mol. The minimum absolute atomic E-state index is 0.0810. The van der Waals surface area contributed by atoms with Crippen LogP contribution in [-0.2, 0) is 9.53 Å². The van der Waals surface area contributed by atoms with Crippen molar-refractivity contribution in [3.05, 3.63) is 0 Å². The molecule has 4 nitrogen and oxygen atoms in total. The number of fused-ring (bicyclic) bond motifs is 2. The van der Waals surface area contributed by atoms with Crippen LogP contribution < -0.4 is 5.32 Å². The molecule has 0 aliphatic carbocycles. The van der Waals surface area contributed by atoms with E-state index in [2.05, 4.69) is 12.2 Å². The summed E-state index contributed by atoms with van der Waals surface area (Å²) in [5.41, 5.74) is 0. The number of ether oxygens (including phenoxy) is 1. The molecule has 1 N–H and O–H groups in total. The van der Waals surface area contributed by atoms with Crippen molar-refractivity contribution in [1.82, 2.24) is 10.2 Å². The molecule has 2 saturated heterocycles. The van der Waals surface area contributed by atoms with E-state index >= 15 is 0 Å². The fourth-order valence-corrected chi connectivity index (χ4v) is 2.55. The average molecular weight is 226 g/mol. The first-order chi connectivity index (χ1) is 7.70. The van der Waals surface area contributed by atoms with Crippen LogP contribution in [0.4, 0.5) is 0 Å². The maximum atomic E-state index is 12.2. The van der Waals surface area contributed by atoms with Gasteiger partial charge in [-0.2, -0.15) is 0 Å². The summed E-state index contributed by atoms with van der Waals surface area (Å²) >= 11 is 0.